The van der Waals surface area contributed by atoms with Gasteiger partial charge in [0.15, 0.2) is 0 Å². The maximum absolute atomic E-state index is 9.43. The molecule has 3 heteroatoms. The molecule has 2 aromatic rings. The largest absolute Gasteiger partial charge is 0.354 e. The lowest BCUT2D eigenvalue weighted by atomic mass is 9.98. The molecule has 1 fully saturated rings. The van der Waals surface area contributed by atoms with Crippen LogP contribution >= 0.6 is 0 Å². The van der Waals surface area contributed by atoms with Crippen LogP contribution in [0, 0.1) is 11.3 Å². The van der Waals surface area contributed by atoms with Gasteiger partial charge in [-0.05, 0) is 37.8 Å². The zero-order valence-electron chi connectivity index (χ0n) is 12.5. The molecule has 0 N–H and O–H groups in total. The molecule has 0 radical (unpaired) electrons. The highest BCUT2D eigenvalue weighted by Gasteiger charge is 2.23. The average molecular weight is 279 g/mol. The predicted molar refractivity (Wildman–Crippen MR) is 86.4 cm³/mol. The van der Waals surface area contributed by atoms with Crippen LogP contribution in [-0.4, -0.2) is 17.6 Å². The summed E-state index contributed by atoms with van der Waals surface area (Å²) in [6.45, 7) is 3.29. The van der Waals surface area contributed by atoms with Crippen LogP contribution in [0.15, 0.2) is 30.3 Å². The second-order valence-corrected chi connectivity index (χ2v) is 5.79. The zero-order chi connectivity index (χ0) is 14.7. The third-order valence-electron chi connectivity index (χ3n) is 4.37. The van der Waals surface area contributed by atoms with Crippen molar-refractivity contribution in [3.8, 4) is 6.07 Å². The number of pyridine rings is 1. The molecule has 1 atom stereocenters. The van der Waals surface area contributed by atoms with E-state index in [1.807, 2.05) is 30.3 Å². The fourth-order valence-electron chi connectivity index (χ4n) is 3.34. The van der Waals surface area contributed by atoms with Gasteiger partial charge >= 0.3 is 0 Å². The van der Waals surface area contributed by atoms with Crippen LogP contribution in [0.4, 0.5) is 5.82 Å². The summed E-state index contributed by atoms with van der Waals surface area (Å²) in [6, 6.07) is 12.8. The van der Waals surface area contributed by atoms with Crippen molar-refractivity contribution in [2.45, 2.75) is 45.1 Å². The van der Waals surface area contributed by atoms with Gasteiger partial charge in [-0.2, -0.15) is 5.26 Å². The van der Waals surface area contributed by atoms with Gasteiger partial charge in [0.25, 0.3) is 0 Å². The maximum atomic E-state index is 9.43. The quantitative estimate of drug-likeness (QED) is 0.842. The molecular weight excluding hydrogens is 258 g/mol. The molecule has 0 aliphatic carbocycles. The maximum Gasteiger partial charge on any atom is 0.130 e. The lowest BCUT2D eigenvalue weighted by Crippen LogP contribution is -2.40. The number of aromatic nitrogens is 1. The minimum absolute atomic E-state index is 0.573. The van der Waals surface area contributed by atoms with E-state index in [0.717, 1.165) is 28.8 Å². The van der Waals surface area contributed by atoms with Crippen molar-refractivity contribution in [3.05, 3.63) is 35.9 Å². The Morgan fingerprint density at radius 1 is 1.33 bits per heavy atom. The first-order valence-corrected chi connectivity index (χ1v) is 7.90. The molecule has 2 heterocycles. The molecule has 3 nitrogen and oxygen atoms in total. The van der Waals surface area contributed by atoms with Crippen LogP contribution in [0.2, 0.25) is 0 Å². The Labute approximate surface area is 126 Å². The molecule has 3 rings (SSSR count). The van der Waals surface area contributed by atoms with E-state index in [9.17, 15) is 5.26 Å². The lowest BCUT2D eigenvalue weighted by Gasteiger charge is -2.37. The van der Waals surface area contributed by atoms with Crippen LogP contribution in [0.5, 0.6) is 0 Å². The van der Waals surface area contributed by atoms with Crippen molar-refractivity contribution in [2.24, 2.45) is 0 Å². The van der Waals surface area contributed by atoms with Gasteiger partial charge in [-0.25, -0.2) is 4.98 Å². The van der Waals surface area contributed by atoms with E-state index in [2.05, 4.69) is 17.9 Å². The van der Waals surface area contributed by atoms with Gasteiger partial charge in [-0.15, -0.1) is 0 Å². The first kappa shape index (κ1) is 13.9. The third kappa shape index (κ3) is 2.71. The van der Waals surface area contributed by atoms with E-state index in [0.29, 0.717) is 6.04 Å². The van der Waals surface area contributed by atoms with Crippen molar-refractivity contribution in [3.63, 3.8) is 0 Å². The van der Waals surface area contributed by atoms with E-state index < -0.39 is 0 Å². The van der Waals surface area contributed by atoms with E-state index in [-0.39, 0.29) is 0 Å². The molecule has 1 aromatic carbocycles. The Balaban J connectivity index is 2.05. The number of hydrogen-bond acceptors (Lipinski definition) is 3. The Morgan fingerprint density at radius 3 is 3.00 bits per heavy atom. The zero-order valence-corrected chi connectivity index (χ0v) is 12.5. The highest BCUT2D eigenvalue weighted by atomic mass is 15.2. The molecule has 0 bridgehead atoms. The molecule has 0 spiro atoms. The van der Waals surface area contributed by atoms with Crippen LogP contribution in [0.3, 0.4) is 0 Å². The molecule has 0 amide bonds. The molecule has 108 valence electrons. The summed E-state index contributed by atoms with van der Waals surface area (Å²) in [5, 5.41) is 10.4. The van der Waals surface area contributed by atoms with E-state index >= 15 is 0 Å². The Kier molecular flexibility index (Phi) is 4.06. The van der Waals surface area contributed by atoms with E-state index in [1.54, 1.807) is 0 Å². The fourth-order valence-corrected chi connectivity index (χ4v) is 3.34. The number of piperidine rings is 1. The lowest BCUT2D eigenvalue weighted by molar-refractivity contribution is 0.432. The first-order chi connectivity index (χ1) is 10.3. The standard InChI is InChI=1S/C18H21N3/c1-2-7-15-8-5-6-11-21(15)18-12-14(13-19)16-9-3-4-10-17(16)20-18/h3-4,9-10,12,15H,2,5-8,11H2,1H3. The summed E-state index contributed by atoms with van der Waals surface area (Å²) in [5.74, 6) is 0.975. The number of nitrogens with zero attached hydrogens (tertiary/aromatic N) is 3. The molecular formula is C18H21N3. The SMILES string of the molecule is CCCC1CCCCN1c1cc(C#N)c2ccccc2n1. The predicted octanol–water partition coefficient (Wildman–Crippen LogP) is 4.27. The summed E-state index contributed by atoms with van der Waals surface area (Å²) in [6.07, 6.45) is 6.16. The normalized spacial score (nSPS) is 18.7. The molecule has 1 aromatic heterocycles. The van der Waals surface area contributed by atoms with Crippen LogP contribution in [-0.2, 0) is 0 Å². The molecule has 1 unspecified atom stereocenters. The topological polar surface area (TPSA) is 39.9 Å². The first-order valence-electron chi connectivity index (χ1n) is 7.90. The Morgan fingerprint density at radius 2 is 2.19 bits per heavy atom. The van der Waals surface area contributed by atoms with Crippen molar-refractivity contribution in [1.29, 1.82) is 5.26 Å². The van der Waals surface area contributed by atoms with Crippen molar-refractivity contribution < 1.29 is 0 Å². The summed E-state index contributed by atoms with van der Waals surface area (Å²) >= 11 is 0. The highest BCUT2D eigenvalue weighted by molar-refractivity contribution is 5.86. The highest BCUT2D eigenvalue weighted by Crippen LogP contribution is 2.29. The molecule has 1 saturated heterocycles. The van der Waals surface area contributed by atoms with Crippen molar-refractivity contribution in [1.82, 2.24) is 4.98 Å². The van der Waals surface area contributed by atoms with Crippen molar-refractivity contribution in [2.75, 3.05) is 11.4 Å². The molecule has 21 heavy (non-hydrogen) atoms. The van der Waals surface area contributed by atoms with Gasteiger partial charge in [0, 0.05) is 18.0 Å². The fraction of sp³-hybridized carbons (Fsp3) is 0.444. The molecule has 1 aliphatic rings. The second kappa shape index (κ2) is 6.13. The van der Waals surface area contributed by atoms with E-state index in [4.69, 9.17) is 4.98 Å². The summed E-state index contributed by atoms with van der Waals surface area (Å²) in [7, 11) is 0. The molecule has 0 saturated carbocycles. The number of benzene rings is 1. The second-order valence-electron chi connectivity index (χ2n) is 5.79. The van der Waals surface area contributed by atoms with Gasteiger partial charge in [0.2, 0.25) is 0 Å². The summed E-state index contributed by atoms with van der Waals surface area (Å²) in [4.78, 5) is 7.23. The van der Waals surface area contributed by atoms with Crippen LogP contribution in [0.25, 0.3) is 10.9 Å². The van der Waals surface area contributed by atoms with Gasteiger partial charge < -0.3 is 4.90 Å². The molecule has 1 aliphatic heterocycles. The minimum Gasteiger partial charge on any atom is -0.354 e. The van der Waals surface area contributed by atoms with Gasteiger partial charge in [-0.3, -0.25) is 0 Å². The van der Waals surface area contributed by atoms with Gasteiger partial charge in [0.05, 0.1) is 17.1 Å². The summed E-state index contributed by atoms with van der Waals surface area (Å²) < 4.78 is 0. The van der Waals surface area contributed by atoms with Crippen LogP contribution in [0.1, 0.15) is 44.6 Å². The number of para-hydroxylation sites is 1. The number of hydrogen-bond donors (Lipinski definition) is 0. The number of anilines is 1. The number of nitriles is 1. The Bertz CT molecular complexity index is 670. The minimum atomic E-state index is 0.573. The average Bonchev–Trinajstić information content (AvgIpc) is 2.54. The van der Waals surface area contributed by atoms with E-state index in [1.165, 1.54) is 32.1 Å². The Hall–Kier alpha value is -2.08. The van der Waals surface area contributed by atoms with Gasteiger partial charge in [-0.1, -0.05) is 31.5 Å². The van der Waals surface area contributed by atoms with Crippen molar-refractivity contribution >= 4 is 16.7 Å². The van der Waals surface area contributed by atoms with Gasteiger partial charge in [0.1, 0.15) is 5.82 Å². The number of rotatable bonds is 3. The van der Waals surface area contributed by atoms with Crippen LogP contribution < -0.4 is 4.90 Å². The monoisotopic (exact) mass is 279 g/mol. The number of fused-ring (bicyclic) bond motifs is 1. The third-order valence-corrected chi connectivity index (χ3v) is 4.37. The summed E-state index contributed by atoms with van der Waals surface area (Å²) in [5.41, 5.74) is 1.66. The smallest absolute Gasteiger partial charge is 0.130 e.